The van der Waals surface area contributed by atoms with E-state index in [0.717, 1.165) is 12.1 Å². The van der Waals surface area contributed by atoms with Crippen LogP contribution in [0.3, 0.4) is 0 Å². The van der Waals surface area contributed by atoms with Crippen LogP contribution in [0, 0.1) is 0 Å². The van der Waals surface area contributed by atoms with Gasteiger partial charge in [0.1, 0.15) is 17.9 Å². The molecule has 1 N–H and O–H groups in total. The van der Waals surface area contributed by atoms with Crippen LogP contribution in [0.1, 0.15) is 11.1 Å². The van der Waals surface area contributed by atoms with E-state index in [1.54, 1.807) is 30.3 Å². The van der Waals surface area contributed by atoms with Crippen molar-refractivity contribution in [1.82, 2.24) is 9.97 Å². The molecule has 0 bridgehead atoms. The Morgan fingerprint density at radius 1 is 1.00 bits per heavy atom. The molecule has 0 atom stereocenters. The number of halogens is 4. The lowest BCUT2D eigenvalue weighted by atomic mass is 10.1. The van der Waals surface area contributed by atoms with Crippen molar-refractivity contribution in [2.45, 2.75) is 12.7 Å². The molecule has 0 aliphatic heterocycles. The van der Waals surface area contributed by atoms with Gasteiger partial charge in [-0.2, -0.15) is 13.2 Å². The lowest BCUT2D eigenvalue weighted by molar-refractivity contribution is -0.137. The predicted molar refractivity (Wildman–Crippen MR) is 92.3 cm³/mol. The normalized spacial score (nSPS) is 11.2. The number of aromatic nitrogens is 2. The molecule has 0 aliphatic rings. The first kappa shape index (κ1) is 18.0. The van der Waals surface area contributed by atoms with E-state index >= 15 is 0 Å². The molecule has 0 unspecified atom stereocenters. The first-order chi connectivity index (χ1) is 12.4. The van der Waals surface area contributed by atoms with Gasteiger partial charge in [-0.1, -0.05) is 29.8 Å². The number of anilines is 1. The number of hydrogen-bond acceptors (Lipinski definition) is 4. The summed E-state index contributed by atoms with van der Waals surface area (Å²) < 4.78 is 43.3. The van der Waals surface area contributed by atoms with Crippen LogP contribution in [0.2, 0.25) is 5.02 Å². The molecule has 2 aromatic carbocycles. The van der Waals surface area contributed by atoms with E-state index in [9.17, 15) is 13.2 Å². The molecule has 4 nitrogen and oxygen atoms in total. The first-order valence-corrected chi connectivity index (χ1v) is 7.93. The monoisotopic (exact) mass is 379 g/mol. The van der Waals surface area contributed by atoms with Gasteiger partial charge in [0, 0.05) is 17.6 Å². The van der Waals surface area contributed by atoms with Crippen molar-refractivity contribution < 1.29 is 17.9 Å². The van der Waals surface area contributed by atoms with Crippen LogP contribution < -0.4 is 10.1 Å². The van der Waals surface area contributed by atoms with Crippen molar-refractivity contribution in [2.24, 2.45) is 0 Å². The Labute approximate surface area is 152 Å². The molecule has 26 heavy (non-hydrogen) atoms. The SMILES string of the molecule is FC(F)(F)c1ccc(CNc2cc(Oc3cccc(Cl)c3)ncn2)cc1. The van der Waals surface area contributed by atoms with Crippen LogP contribution in [0.25, 0.3) is 0 Å². The van der Waals surface area contributed by atoms with Gasteiger partial charge in [-0.15, -0.1) is 0 Å². The van der Waals surface area contributed by atoms with E-state index in [1.165, 1.54) is 18.5 Å². The second kappa shape index (κ2) is 7.61. The van der Waals surface area contributed by atoms with Crippen LogP contribution in [0.5, 0.6) is 11.6 Å². The van der Waals surface area contributed by atoms with Gasteiger partial charge in [-0.3, -0.25) is 0 Å². The zero-order valence-corrected chi connectivity index (χ0v) is 14.1. The fourth-order valence-electron chi connectivity index (χ4n) is 2.15. The zero-order chi connectivity index (χ0) is 18.6. The second-order valence-electron chi connectivity index (χ2n) is 5.35. The molecule has 1 aromatic heterocycles. The minimum absolute atomic E-state index is 0.311. The maximum absolute atomic E-state index is 12.6. The van der Waals surface area contributed by atoms with Crippen molar-refractivity contribution in [3.63, 3.8) is 0 Å². The van der Waals surface area contributed by atoms with E-state index in [4.69, 9.17) is 16.3 Å². The van der Waals surface area contributed by atoms with Crippen molar-refractivity contribution in [1.29, 1.82) is 0 Å². The number of rotatable bonds is 5. The number of benzene rings is 2. The van der Waals surface area contributed by atoms with E-state index in [2.05, 4.69) is 15.3 Å². The molecule has 0 spiro atoms. The molecule has 3 aromatic rings. The highest BCUT2D eigenvalue weighted by Crippen LogP contribution is 2.29. The van der Waals surface area contributed by atoms with Gasteiger partial charge < -0.3 is 10.1 Å². The average molecular weight is 380 g/mol. The fourth-order valence-corrected chi connectivity index (χ4v) is 2.33. The molecule has 0 saturated heterocycles. The number of alkyl halides is 3. The number of nitrogens with one attached hydrogen (secondary N) is 1. The quantitative estimate of drug-likeness (QED) is 0.631. The third-order valence-electron chi connectivity index (χ3n) is 3.42. The van der Waals surface area contributed by atoms with Gasteiger partial charge in [0.2, 0.25) is 5.88 Å². The van der Waals surface area contributed by atoms with Crippen LogP contribution in [-0.4, -0.2) is 9.97 Å². The summed E-state index contributed by atoms with van der Waals surface area (Å²) in [6.45, 7) is 0.311. The van der Waals surface area contributed by atoms with Crippen molar-refractivity contribution in [2.75, 3.05) is 5.32 Å². The molecule has 1 heterocycles. The summed E-state index contributed by atoms with van der Waals surface area (Å²) in [5.41, 5.74) is 0.00872. The standard InChI is InChI=1S/C18H13ClF3N3O/c19-14-2-1-3-15(8-14)26-17-9-16(24-11-25-17)23-10-12-4-6-13(7-5-12)18(20,21)22/h1-9,11H,10H2,(H,23,24,25). The predicted octanol–water partition coefficient (Wildman–Crippen LogP) is 5.55. The van der Waals surface area contributed by atoms with E-state index < -0.39 is 11.7 Å². The van der Waals surface area contributed by atoms with Gasteiger partial charge >= 0.3 is 6.18 Å². The van der Waals surface area contributed by atoms with E-state index in [1.807, 2.05) is 0 Å². The third-order valence-corrected chi connectivity index (χ3v) is 3.65. The summed E-state index contributed by atoms with van der Waals surface area (Å²) >= 11 is 5.90. The Morgan fingerprint density at radius 3 is 2.46 bits per heavy atom. The molecule has 0 aliphatic carbocycles. The molecular formula is C18H13ClF3N3O. The highest BCUT2D eigenvalue weighted by atomic mass is 35.5. The average Bonchev–Trinajstić information content (AvgIpc) is 2.60. The largest absolute Gasteiger partial charge is 0.439 e. The van der Waals surface area contributed by atoms with Gasteiger partial charge in [-0.25, -0.2) is 9.97 Å². The van der Waals surface area contributed by atoms with Gasteiger partial charge in [-0.05, 0) is 35.9 Å². The van der Waals surface area contributed by atoms with Crippen LogP contribution >= 0.6 is 11.6 Å². The highest BCUT2D eigenvalue weighted by molar-refractivity contribution is 6.30. The summed E-state index contributed by atoms with van der Waals surface area (Å²) in [7, 11) is 0. The topological polar surface area (TPSA) is 47.0 Å². The summed E-state index contributed by atoms with van der Waals surface area (Å²) in [6, 6.07) is 13.4. The molecule has 0 fully saturated rings. The minimum Gasteiger partial charge on any atom is -0.439 e. The molecule has 8 heteroatoms. The Hall–Kier alpha value is -2.80. The Morgan fingerprint density at radius 2 is 1.77 bits per heavy atom. The molecule has 0 radical (unpaired) electrons. The minimum atomic E-state index is -4.34. The van der Waals surface area contributed by atoms with Gasteiger partial charge in [0.15, 0.2) is 0 Å². The van der Waals surface area contributed by atoms with Crippen molar-refractivity contribution in [3.05, 3.63) is 77.1 Å². The fraction of sp³-hybridized carbons (Fsp3) is 0.111. The lowest BCUT2D eigenvalue weighted by Crippen LogP contribution is -2.06. The van der Waals surface area contributed by atoms with Gasteiger partial charge in [0.25, 0.3) is 0 Å². The highest BCUT2D eigenvalue weighted by Gasteiger charge is 2.29. The Kier molecular flexibility index (Phi) is 5.27. The van der Waals surface area contributed by atoms with E-state index in [0.29, 0.717) is 34.6 Å². The third kappa shape index (κ3) is 4.86. The van der Waals surface area contributed by atoms with E-state index in [-0.39, 0.29) is 0 Å². The zero-order valence-electron chi connectivity index (χ0n) is 13.3. The van der Waals surface area contributed by atoms with Crippen LogP contribution in [-0.2, 0) is 12.7 Å². The van der Waals surface area contributed by atoms with Crippen LogP contribution in [0.15, 0.2) is 60.9 Å². The molecule has 0 saturated carbocycles. The van der Waals surface area contributed by atoms with Gasteiger partial charge in [0.05, 0.1) is 5.56 Å². The number of hydrogen-bond donors (Lipinski definition) is 1. The molecule has 0 amide bonds. The Balaban J connectivity index is 1.63. The smallest absolute Gasteiger partial charge is 0.416 e. The summed E-state index contributed by atoms with van der Waals surface area (Å²) in [4.78, 5) is 8.08. The maximum Gasteiger partial charge on any atom is 0.416 e. The first-order valence-electron chi connectivity index (χ1n) is 7.55. The second-order valence-corrected chi connectivity index (χ2v) is 5.79. The summed E-state index contributed by atoms with van der Waals surface area (Å²) in [5, 5.41) is 3.56. The molecular weight excluding hydrogens is 367 g/mol. The van der Waals surface area contributed by atoms with Crippen LogP contribution in [0.4, 0.5) is 19.0 Å². The number of nitrogens with zero attached hydrogens (tertiary/aromatic N) is 2. The molecule has 3 rings (SSSR count). The summed E-state index contributed by atoms with van der Waals surface area (Å²) in [5.74, 6) is 1.33. The van der Waals surface area contributed by atoms with Crippen molar-refractivity contribution in [3.8, 4) is 11.6 Å². The summed E-state index contributed by atoms with van der Waals surface area (Å²) in [6.07, 6.45) is -3.01. The van der Waals surface area contributed by atoms with Crippen molar-refractivity contribution >= 4 is 17.4 Å². The maximum atomic E-state index is 12.6. The lowest BCUT2D eigenvalue weighted by Gasteiger charge is -2.10. The number of ether oxygens (including phenoxy) is 1. The Bertz CT molecular complexity index is 885. The molecule has 134 valence electrons.